The van der Waals surface area contributed by atoms with Crippen molar-refractivity contribution in [1.82, 2.24) is 9.96 Å². The molecule has 0 N–H and O–H groups in total. The van der Waals surface area contributed by atoms with Gasteiger partial charge in [-0.05, 0) is 54.7 Å². The standard InChI is InChI=1S/C23H23Cl3N2O3/c1-14-12-16(15-4-6-17(24)7-5-15)13-18(25)19(14)23(26)20(29)22(27(2)21(23)30)8-10-28(31-3)11-9-22/h4-7,12-13H,8-11H2,1-3H3. The lowest BCUT2D eigenvalue weighted by Gasteiger charge is -2.41. The van der Waals surface area contributed by atoms with E-state index in [4.69, 9.17) is 39.6 Å². The Labute approximate surface area is 196 Å². The number of halogens is 3. The molecule has 0 aliphatic carbocycles. The Kier molecular flexibility index (Phi) is 5.86. The number of likely N-dealkylation sites (N-methyl/N-ethyl adjacent to an activating group) is 1. The molecule has 31 heavy (non-hydrogen) atoms. The minimum Gasteiger partial charge on any atom is -0.331 e. The maximum Gasteiger partial charge on any atom is 0.256 e. The number of hydrogen-bond acceptors (Lipinski definition) is 4. The van der Waals surface area contributed by atoms with Crippen molar-refractivity contribution in [3.8, 4) is 11.1 Å². The minimum atomic E-state index is -1.84. The van der Waals surface area contributed by atoms with E-state index in [-0.39, 0.29) is 5.78 Å². The summed E-state index contributed by atoms with van der Waals surface area (Å²) in [4.78, 5) is 32.2. The third-order valence-electron chi connectivity index (χ3n) is 6.59. The maximum absolute atomic E-state index is 13.8. The number of amides is 1. The van der Waals surface area contributed by atoms with Gasteiger partial charge in [-0.15, -0.1) is 0 Å². The lowest BCUT2D eigenvalue weighted by atomic mass is 9.79. The molecule has 2 aliphatic heterocycles. The third-order valence-corrected chi connectivity index (χ3v) is 7.67. The Hall–Kier alpha value is -1.63. The molecule has 2 saturated heterocycles. The van der Waals surface area contributed by atoms with E-state index in [0.717, 1.165) is 11.1 Å². The van der Waals surface area contributed by atoms with Crippen LogP contribution in [0.2, 0.25) is 10.0 Å². The predicted molar refractivity (Wildman–Crippen MR) is 122 cm³/mol. The molecule has 0 bridgehead atoms. The lowest BCUT2D eigenvalue weighted by Crippen LogP contribution is -2.55. The zero-order valence-corrected chi connectivity index (χ0v) is 19.8. The van der Waals surface area contributed by atoms with E-state index in [1.165, 1.54) is 4.90 Å². The summed E-state index contributed by atoms with van der Waals surface area (Å²) in [6, 6.07) is 11.0. The van der Waals surface area contributed by atoms with Gasteiger partial charge in [-0.3, -0.25) is 9.59 Å². The Bertz CT molecular complexity index is 1030. The van der Waals surface area contributed by atoms with Crippen LogP contribution in [0.3, 0.4) is 0 Å². The van der Waals surface area contributed by atoms with Crippen molar-refractivity contribution in [2.75, 3.05) is 27.2 Å². The van der Waals surface area contributed by atoms with Gasteiger partial charge in [-0.1, -0.05) is 53.0 Å². The number of benzene rings is 2. The summed E-state index contributed by atoms with van der Waals surface area (Å²) in [6.07, 6.45) is 0.909. The molecule has 0 saturated carbocycles. The minimum absolute atomic E-state index is 0.293. The first-order chi connectivity index (χ1) is 14.6. The molecule has 1 spiro atoms. The maximum atomic E-state index is 13.8. The van der Waals surface area contributed by atoms with Gasteiger partial charge >= 0.3 is 0 Å². The van der Waals surface area contributed by atoms with E-state index < -0.39 is 16.3 Å². The number of aryl methyl sites for hydroxylation is 1. The number of alkyl halides is 1. The molecule has 0 aromatic heterocycles. The van der Waals surface area contributed by atoms with Crippen LogP contribution in [-0.4, -0.2) is 54.4 Å². The van der Waals surface area contributed by atoms with Crippen LogP contribution in [0.15, 0.2) is 36.4 Å². The molecule has 1 amide bonds. The number of piperidine rings is 1. The predicted octanol–water partition coefficient (Wildman–Crippen LogP) is 4.84. The van der Waals surface area contributed by atoms with Gasteiger partial charge in [0.1, 0.15) is 5.54 Å². The van der Waals surface area contributed by atoms with E-state index in [0.29, 0.717) is 47.1 Å². The van der Waals surface area contributed by atoms with E-state index >= 15 is 0 Å². The van der Waals surface area contributed by atoms with E-state index in [9.17, 15) is 9.59 Å². The van der Waals surface area contributed by atoms with Gasteiger partial charge in [0.15, 0.2) is 5.78 Å². The first-order valence-electron chi connectivity index (χ1n) is 10.0. The van der Waals surface area contributed by atoms with Crippen LogP contribution >= 0.6 is 34.8 Å². The molecule has 2 aliphatic rings. The smallest absolute Gasteiger partial charge is 0.256 e. The first-order valence-corrected chi connectivity index (χ1v) is 11.2. The van der Waals surface area contributed by atoms with Crippen LogP contribution in [0.1, 0.15) is 24.0 Å². The second-order valence-electron chi connectivity index (χ2n) is 8.15. The molecule has 2 aromatic carbocycles. The lowest BCUT2D eigenvalue weighted by molar-refractivity contribution is -0.165. The molecular weight excluding hydrogens is 459 g/mol. The third kappa shape index (κ3) is 3.38. The van der Waals surface area contributed by atoms with Gasteiger partial charge < -0.3 is 9.74 Å². The largest absolute Gasteiger partial charge is 0.331 e. The topological polar surface area (TPSA) is 49.9 Å². The van der Waals surface area contributed by atoms with Crippen molar-refractivity contribution in [2.24, 2.45) is 0 Å². The number of nitrogens with zero attached hydrogens (tertiary/aromatic N) is 2. The molecule has 1 unspecified atom stereocenters. The molecular formula is C23H23Cl3N2O3. The van der Waals surface area contributed by atoms with Crippen molar-refractivity contribution >= 4 is 46.5 Å². The summed E-state index contributed by atoms with van der Waals surface area (Å²) < 4.78 is 0. The van der Waals surface area contributed by atoms with Crippen molar-refractivity contribution in [3.05, 3.63) is 57.6 Å². The number of carbonyl (C=O) groups excluding carboxylic acids is 2. The normalized spacial score (nSPS) is 23.7. The number of likely N-dealkylation sites (tertiary alicyclic amines) is 1. The highest BCUT2D eigenvalue weighted by molar-refractivity contribution is 6.51. The molecule has 2 aromatic rings. The van der Waals surface area contributed by atoms with Gasteiger partial charge in [-0.2, -0.15) is 5.06 Å². The summed E-state index contributed by atoms with van der Waals surface area (Å²) in [7, 11) is 3.25. The molecule has 1 atom stereocenters. The number of rotatable bonds is 3. The number of hydrogen-bond donors (Lipinski definition) is 0. The zero-order valence-electron chi connectivity index (χ0n) is 17.5. The average molecular weight is 482 g/mol. The quantitative estimate of drug-likeness (QED) is 0.465. The SMILES string of the molecule is CON1CCC2(CC1)C(=O)C(Cl)(c1c(C)cc(-c3ccc(Cl)cc3)cc1Cl)C(=O)N2C. The van der Waals surface area contributed by atoms with Gasteiger partial charge in [-0.25, -0.2) is 0 Å². The molecule has 2 heterocycles. The van der Waals surface area contributed by atoms with Gasteiger partial charge in [0.2, 0.25) is 4.87 Å². The number of Topliss-reactive ketones (excluding diaryl/α,β-unsaturated/α-hetero) is 1. The fourth-order valence-electron chi connectivity index (χ4n) is 4.81. The fraction of sp³-hybridized carbons (Fsp3) is 0.391. The summed E-state index contributed by atoms with van der Waals surface area (Å²) in [6.45, 7) is 2.90. The van der Waals surface area contributed by atoms with E-state index in [1.807, 2.05) is 25.1 Å². The fourth-order valence-corrected chi connectivity index (χ4v) is 5.94. The summed E-state index contributed by atoms with van der Waals surface area (Å²) in [5.74, 6) is -0.747. The van der Waals surface area contributed by atoms with Crippen molar-refractivity contribution in [1.29, 1.82) is 0 Å². The van der Waals surface area contributed by atoms with Crippen molar-refractivity contribution in [2.45, 2.75) is 30.2 Å². The van der Waals surface area contributed by atoms with Gasteiger partial charge in [0.25, 0.3) is 5.91 Å². The molecule has 4 rings (SSSR count). The van der Waals surface area contributed by atoms with Crippen molar-refractivity contribution in [3.63, 3.8) is 0 Å². The van der Waals surface area contributed by atoms with E-state index in [1.54, 1.807) is 37.4 Å². The van der Waals surface area contributed by atoms with Crippen LogP contribution < -0.4 is 0 Å². The van der Waals surface area contributed by atoms with Gasteiger partial charge in [0, 0.05) is 35.7 Å². The summed E-state index contributed by atoms with van der Waals surface area (Å²) in [5, 5.41) is 2.71. The summed E-state index contributed by atoms with van der Waals surface area (Å²) >= 11 is 19.6. The average Bonchev–Trinajstić information content (AvgIpc) is 2.89. The number of hydroxylamine groups is 2. The molecule has 5 nitrogen and oxygen atoms in total. The van der Waals surface area contributed by atoms with E-state index in [2.05, 4.69) is 0 Å². The Balaban J connectivity index is 1.77. The van der Waals surface area contributed by atoms with Crippen molar-refractivity contribution < 1.29 is 14.4 Å². The highest BCUT2D eigenvalue weighted by Gasteiger charge is 2.67. The number of carbonyl (C=O) groups is 2. The number of ketones is 1. The zero-order chi connectivity index (χ0) is 22.6. The first kappa shape index (κ1) is 22.6. The molecule has 0 radical (unpaired) electrons. The van der Waals surface area contributed by atoms with Crippen LogP contribution in [-0.2, 0) is 19.3 Å². The monoisotopic (exact) mass is 480 g/mol. The summed E-state index contributed by atoms with van der Waals surface area (Å²) in [5.41, 5.74) is 1.88. The molecule has 8 heteroatoms. The highest BCUT2D eigenvalue weighted by atomic mass is 35.5. The second kappa shape index (κ2) is 8.05. The Morgan fingerprint density at radius 3 is 2.16 bits per heavy atom. The highest BCUT2D eigenvalue weighted by Crippen LogP contribution is 2.51. The second-order valence-corrected chi connectivity index (χ2v) is 9.56. The Morgan fingerprint density at radius 1 is 1.00 bits per heavy atom. The molecule has 164 valence electrons. The Morgan fingerprint density at radius 2 is 1.61 bits per heavy atom. The van der Waals surface area contributed by atoms with Crippen LogP contribution in [0.25, 0.3) is 11.1 Å². The van der Waals surface area contributed by atoms with Crippen LogP contribution in [0.5, 0.6) is 0 Å². The molecule has 2 fully saturated rings. The van der Waals surface area contributed by atoms with Crippen LogP contribution in [0, 0.1) is 6.92 Å². The van der Waals surface area contributed by atoms with Gasteiger partial charge in [0.05, 0.1) is 7.11 Å². The van der Waals surface area contributed by atoms with Crippen LogP contribution in [0.4, 0.5) is 0 Å².